The van der Waals surface area contributed by atoms with E-state index in [-0.39, 0.29) is 11.8 Å². The normalized spacial score (nSPS) is 21.3. The molecule has 0 aliphatic carbocycles. The monoisotopic (exact) mass is 313 g/mol. The number of likely N-dealkylation sites (tertiary alicyclic amines) is 1. The highest BCUT2D eigenvalue weighted by Crippen LogP contribution is 2.22. The minimum Gasteiger partial charge on any atom is -0.356 e. The molecule has 0 spiro atoms. The van der Waals surface area contributed by atoms with Gasteiger partial charge in [0.15, 0.2) is 0 Å². The summed E-state index contributed by atoms with van der Waals surface area (Å²) in [5.74, 6) is 1.47. The number of carbonyl (C=O) groups is 2. The van der Waals surface area contributed by atoms with Gasteiger partial charge in [-0.25, -0.2) is 0 Å². The first-order valence-corrected chi connectivity index (χ1v) is 9.04. The van der Waals surface area contributed by atoms with Gasteiger partial charge in [-0.1, -0.05) is 0 Å². The van der Waals surface area contributed by atoms with Crippen LogP contribution in [0.2, 0.25) is 0 Å². The maximum Gasteiger partial charge on any atom is 0.232 e. The number of piperidine rings is 2. The smallest absolute Gasteiger partial charge is 0.232 e. The van der Waals surface area contributed by atoms with E-state index in [1.807, 2.05) is 16.7 Å². The molecule has 2 saturated heterocycles. The Morgan fingerprint density at radius 3 is 2.48 bits per heavy atom. The van der Waals surface area contributed by atoms with Gasteiger partial charge in [0, 0.05) is 31.8 Å². The van der Waals surface area contributed by atoms with E-state index in [9.17, 15) is 9.59 Å². The van der Waals surface area contributed by atoms with Crippen LogP contribution < -0.4 is 10.6 Å². The minimum atomic E-state index is 0.0341. The first kappa shape index (κ1) is 16.6. The lowest BCUT2D eigenvalue weighted by Crippen LogP contribution is -2.42. The number of amides is 2. The van der Waals surface area contributed by atoms with Gasteiger partial charge in [0.05, 0.1) is 5.75 Å². The molecule has 2 N–H and O–H groups in total. The summed E-state index contributed by atoms with van der Waals surface area (Å²) in [6.07, 6.45) is 4.36. The van der Waals surface area contributed by atoms with Crippen molar-refractivity contribution in [2.75, 3.05) is 38.5 Å². The van der Waals surface area contributed by atoms with Gasteiger partial charge in [-0.2, -0.15) is 0 Å². The average Bonchev–Trinajstić information content (AvgIpc) is 2.52. The maximum absolute atomic E-state index is 12.2. The minimum absolute atomic E-state index is 0.0341. The zero-order valence-electron chi connectivity index (χ0n) is 12.9. The van der Waals surface area contributed by atoms with Crippen molar-refractivity contribution in [3.63, 3.8) is 0 Å². The van der Waals surface area contributed by atoms with Gasteiger partial charge in [-0.15, -0.1) is 11.8 Å². The van der Waals surface area contributed by atoms with Crippen LogP contribution in [-0.2, 0) is 9.59 Å². The van der Waals surface area contributed by atoms with Crippen LogP contribution in [0.15, 0.2) is 0 Å². The average molecular weight is 313 g/mol. The predicted octanol–water partition coefficient (Wildman–Crippen LogP) is 0.846. The molecule has 120 valence electrons. The van der Waals surface area contributed by atoms with Crippen LogP contribution in [0.5, 0.6) is 0 Å². The first-order valence-electron chi connectivity index (χ1n) is 7.99. The van der Waals surface area contributed by atoms with E-state index in [0.29, 0.717) is 16.9 Å². The second-order valence-corrected chi connectivity index (χ2v) is 7.31. The molecule has 2 aliphatic heterocycles. The number of nitrogens with zero attached hydrogens (tertiary/aromatic N) is 1. The number of carbonyl (C=O) groups excluding carboxylic acids is 2. The number of hydrogen-bond acceptors (Lipinski definition) is 4. The molecule has 0 aromatic heterocycles. The number of nitrogens with one attached hydrogen (secondary N) is 2. The van der Waals surface area contributed by atoms with Crippen LogP contribution in [0.25, 0.3) is 0 Å². The molecule has 0 aromatic rings. The molecule has 0 saturated carbocycles. The van der Waals surface area contributed by atoms with Crippen molar-refractivity contribution in [1.29, 1.82) is 0 Å². The topological polar surface area (TPSA) is 61.4 Å². The largest absolute Gasteiger partial charge is 0.356 e. The molecule has 0 unspecified atom stereocenters. The second kappa shape index (κ2) is 8.63. The van der Waals surface area contributed by atoms with Crippen molar-refractivity contribution in [3.8, 4) is 0 Å². The third kappa shape index (κ3) is 5.87. The third-order valence-corrected chi connectivity index (χ3v) is 5.69. The molecule has 5 nitrogen and oxygen atoms in total. The SMILES string of the molecule is CC(=O)NCC1CCN(C(=O)CSC2CCNCC2)CC1. The van der Waals surface area contributed by atoms with Crippen LogP contribution >= 0.6 is 11.8 Å². The Kier molecular flexibility index (Phi) is 6.83. The van der Waals surface area contributed by atoms with Gasteiger partial charge >= 0.3 is 0 Å². The van der Waals surface area contributed by atoms with E-state index in [1.54, 1.807) is 6.92 Å². The molecule has 2 fully saturated rings. The quantitative estimate of drug-likeness (QED) is 0.790. The maximum atomic E-state index is 12.2. The van der Waals surface area contributed by atoms with Crippen molar-refractivity contribution in [1.82, 2.24) is 15.5 Å². The summed E-state index contributed by atoms with van der Waals surface area (Å²) >= 11 is 1.83. The number of thioether (sulfide) groups is 1. The molecule has 0 bridgehead atoms. The van der Waals surface area contributed by atoms with E-state index in [2.05, 4.69) is 10.6 Å². The first-order chi connectivity index (χ1) is 10.1. The molecule has 2 rings (SSSR count). The summed E-state index contributed by atoms with van der Waals surface area (Å²) in [4.78, 5) is 25.1. The van der Waals surface area contributed by atoms with Crippen molar-refractivity contribution in [2.45, 2.75) is 37.9 Å². The Morgan fingerprint density at radius 2 is 1.86 bits per heavy atom. The predicted molar refractivity (Wildman–Crippen MR) is 86.3 cm³/mol. The molecule has 6 heteroatoms. The standard InChI is InChI=1S/C15H27N3O2S/c1-12(19)17-10-13-4-8-18(9-5-13)15(20)11-21-14-2-6-16-7-3-14/h13-14,16H,2-11H2,1H3,(H,17,19). The molecule has 2 aliphatic rings. The zero-order valence-corrected chi connectivity index (χ0v) is 13.7. The summed E-state index contributed by atoms with van der Waals surface area (Å²) in [5, 5.41) is 6.87. The molecule has 0 atom stereocenters. The van der Waals surface area contributed by atoms with Crippen LogP contribution in [0.4, 0.5) is 0 Å². The molecular formula is C15H27N3O2S. The highest BCUT2D eigenvalue weighted by molar-refractivity contribution is 8.00. The fraction of sp³-hybridized carbons (Fsp3) is 0.867. The fourth-order valence-electron chi connectivity index (χ4n) is 2.92. The van der Waals surface area contributed by atoms with Crippen molar-refractivity contribution < 1.29 is 9.59 Å². The molecule has 2 heterocycles. The third-order valence-electron chi connectivity index (χ3n) is 4.34. The van der Waals surface area contributed by atoms with E-state index in [0.717, 1.165) is 45.6 Å². The van der Waals surface area contributed by atoms with Crippen molar-refractivity contribution >= 4 is 23.6 Å². The molecule has 2 amide bonds. The van der Waals surface area contributed by atoms with Gasteiger partial charge in [-0.3, -0.25) is 9.59 Å². The Morgan fingerprint density at radius 1 is 1.19 bits per heavy atom. The summed E-state index contributed by atoms with van der Waals surface area (Å²) in [6, 6.07) is 0. The van der Waals surface area contributed by atoms with Crippen LogP contribution in [-0.4, -0.2) is 60.4 Å². The summed E-state index contributed by atoms with van der Waals surface area (Å²) in [6.45, 7) is 6.16. The number of rotatable bonds is 5. The molecule has 0 radical (unpaired) electrons. The summed E-state index contributed by atoms with van der Waals surface area (Å²) < 4.78 is 0. The van der Waals surface area contributed by atoms with E-state index in [4.69, 9.17) is 0 Å². The number of hydrogen-bond donors (Lipinski definition) is 2. The van der Waals surface area contributed by atoms with Crippen LogP contribution in [0.1, 0.15) is 32.6 Å². The van der Waals surface area contributed by atoms with E-state index >= 15 is 0 Å². The van der Waals surface area contributed by atoms with E-state index < -0.39 is 0 Å². The van der Waals surface area contributed by atoms with E-state index in [1.165, 1.54) is 12.8 Å². The lowest BCUT2D eigenvalue weighted by atomic mass is 9.97. The highest BCUT2D eigenvalue weighted by atomic mass is 32.2. The van der Waals surface area contributed by atoms with Gasteiger partial charge in [-0.05, 0) is 44.7 Å². The summed E-state index contributed by atoms with van der Waals surface area (Å²) in [5.41, 5.74) is 0. The van der Waals surface area contributed by atoms with Crippen LogP contribution in [0, 0.1) is 5.92 Å². The Balaban J connectivity index is 1.62. The van der Waals surface area contributed by atoms with Gasteiger partial charge < -0.3 is 15.5 Å². The summed E-state index contributed by atoms with van der Waals surface area (Å²) in [7, 11) is 0. The molecule has 21 heavy (non-hydrogen) atoms. The molecule has 0 aromatic carbocycles. The van der Waals surface area contributed by atoms with Gasteiger partial charge in [0.2, 0.25) is 11.8 Å². The lowest BCUT2D eigenvalue weighted by Gasteiger charge is -2.32. The lowest BCUT2D eigenvalue weighted by molar-refractivity contribution is -0.130. The highest BCUT2D eigenvalue weighted by Gasteiger charge is 2.23. The Labute approximate surface area is 131 Å². The van der Waals surface area contributed by atoms with Gasteiger partial charge in [0.1, 0.15) is 0 Å². The molecular weight excluding hydrogens is 286 g/mol. The second-order valence-electron chi connectivity index (χ2n) is 6.02. The van der Waals surface area contributed by atoms with Crippen molar-refractivity contribution in [2.24, 2.45) is 5.92 Å². The Bertz CT molecular complexity index is 351. The van der Waals surface area contributed by atoms with Crippen LogP contribution in [0.3, 0.4) is 0 Å². The fourth-order valence-corrected chi connectivity index (χ4v) is 4.05. The van der Waals surface area contributed by atoms with Gasteiger partial charge in [0.25, 0.3) is 0 Å². The Hall–Kier alpha value is -0.750. The zero-order chi connectivity index (χ0) is 15.1. The van der Waals surface area contributed by atoms with Crippen molar-refractivity contribution in [3.05, 3.63) is 0 Å².